The van der Waals surface area contributed by atoms with Crippen LogP contribution in [0.15, 0.2) is 36.4 Å². The van der Waals surface area contributed by atoms with Crippen LogP contribution in [0.4, 0.5) is 17.1 Å². The van der Waals surface area contributed by atoms with Crippen LogP contribution in [-0.4, -0.2) is 36.4 Å². The van der Waals surface area contributed by atoms with Crippen molar-refractivity contribution in [3.8, 4) is 0 Å². The molecule has 1 aliphatic rings. The zero-order valence-corrected chi connectivity index (χ0v) is 16.5. The van der Waals surface area contributed by atoms with Crippen LogP contribution < -0.4 is 15.5 Å². The lowest BCUT2D eigenvalue weighted by atomic mass is 10.1. The highest BCUT2D eigenvalue weighted by Crippen LogP contribution is 2.32. The molecular weight excluding hydrogens is 372 g/mol. The Bertz CT molecular complexity index is 952. The molecule has 0 radical (unpaired) electrons. The number of carbonyl (C=O) groups is 2. The monoisotopic (exact) mass is 396 g/mol. The number of amides is 2. The standard InChI is InChI=1S/C21H24N4O4/c1-3-22-20(26)15-7-6-14(2)17(12-15)23-21(27)16-8-9-18(19(13-16)25(28)29)24-10-4-5-11-24/h6-9,12-13H,3-5,10-11H2,1-2H3,(H,22,26)(H,23,27). The summed E-state index contributed by atoms with van der Waals surface area (Å²) in [5.41, 5.74) is 2.37. The Labute approximate surface area is 169 Å². The summed E-state index contributed by atoms with van der Waals surface area (Å²) < 4.78 is 0. The smallest absolute Gasteiger partial charge is 0.293 e. The van der Waals surface area contributed by atoms with E-state index in [1.54, 1.807) is 30.3 Å². The molecule has 0 saturated carbocycles. The van der Waals surface area contributed by atoms with E-state index in [1.165, 1.54) is 6.07 Å². The minimum absolute atomic E-state index is 0.0765. The molecule has 1 fully saturated rings. The molecule has 0 unspecified atom stereocenters. The maximum absolute atomic E-state index is 12.7. The lowest BCUT2D eigenvalue weighted by Crippen LogP contribution is -2.23. The number of nitro benzene ring substituents is 1. The molecule has 0 aromatic heterocycles. The first-order valence-corrected chi connectivity index (χ1v) is 9.64. The van der Waals surface area contributed by atoms with Gasteiger partial charge in [-0.3, -0.25) is 19.7 Å². The highest BCUT2D eigenvalue weighted by molar-refractivity contribution is 6.06. The first-order valence-electron chi connectivity index (χ1n) is 9.64. The molecule has 8 heteroatoms. The third-order valence-corrected chi connectivity index (χ3v) is 4.97. The van der Waals surface area contributed by atoms with Gasteiger partial charge in [-0.05, 0) is 56.5 Å². The first-order chi connectivity index (χ1) is 13.9. The zero-order valence-electron chi connectivity index (χ0n) is 16.5. The molecule has 2 amide bonds. The predicted octanol–water partition coefficient (Wildman–Crippen LogP) is 3.51. The number of benzene rings is 2. The second-order valence-electron chi connectivity index (χ2n) is 7.00. The number of hydrogen-bond donors (Lipinski definition) is 2. The predicted molar refractivity (Wildman–Crippen MR) is 112 cm³/mol. The molecule has 0 spiro atoms. The Morgan fingerprint density at radius 2 is 1.72 bits per heavy atom. The normalized spacial score (nSPS) is 13.2. The summed E-state index contributed by atoms with van der Waals surface area (Å²) in [6.07, 6.45) is 2.00. The fourth-order valence-electron chi connectivity index (χ4n) is 3.39. The van der Waals surface area contributed by atoms with Crippen LogP contribution in [0.1, 0.15) is 46.0 Å². The van der Waals surface area contributed by atoms with Crippen molar-refractivity contribution < 1.29 is 14.5 Å². The van der Waals surface area contributed by atoms with Crippen LogP contribution >= 0.6 is 0 Å². The quantitative estimate of drug-likeness (QED) is 0.574. The van der Waals surface area contributed by atoms with Gasteiger partial charge in [0.1, 0.15) is 5.69 Å². The van der Waals surface area contributed by atoms with Crippen molar-refractivity contribution in [1.29, 1.82) is 0 Å². The Hall–Kier alpha value is -3.42. The number of rotatable bonds is 6. The summed E-state index contributed by atoms with van der Waals surface area (Å²) in [5, 5.41) is 17.0. The summed E-state index contributed by atoms with van der Waals surface area (Å²) in [5.74, 6) is -0.689. The maximum Gasteiger partial charge on any atom is 0.293 e. The number of carbonyl (C=O) groups excluding carboxylic acids is 2. The average molecular weight is 396 g/mol. The molecular formula is C21H24N4O4. The van der Waals surface area contributed by atoms with Crippen LogP contribution in [0, 0.1) is 17.0 Å². The minimum Gasteiger partial charge on any atom is -0.366 e. The van der Waals surface area contributed by atoms with Crippen LogP contribution in [0.2, 0.25) is 0 Å². The van der Waals surface area contributed by atoms with Gasteiger partial charge in [0, 0.05) is 42.5 Å². The van der Waals surface area contributed by atoms with E-state index in [0.717, 1.165) is 31.5 Å². The Kier molecular flexibility index (Phi) is 6.11. The lowest BCUT2D eigenvalue weighted by molar-refractivity contribution is -0.384. The van der Waals surface area contributed by atoms with Gasteiger partial charge in [-0.25, -0.2) is 0 Å². The van der Waals surface area contributed by atoms with E-state index in [9.17, 15) is 19.7 Å². The summed E-state index contributed by atoms with van der Waals surface area (Å²) in [6.45, 7) is 5.70. The number of nitrogens with zero attached hydrogens (tertiary/aromatic N) is 2. The summed E-state index contributed by atoms with van der Waals surface area (Å²) in [6, 6.07) is 9.58. The van der Waals surface area contributed by atoms with Crippen molar-refractivity contribution >= 4 is 28.9 Å². The summed E-state index contributed by atoms with van der Waals surface area (Å²) in [4.78, 5) is 37.8. The van der Waals surface area contributed by atoms with Gasteiger partial charge in [0.15, 0.2) is 0 Å². The van der Waals surface area contributed by atoms with Gasteiger partial charge in [0.05, 0.1) is 4.92 Å². The van der Waals surface area contributed by atoms with Crippen LogP contribution in [0.5, 0.6) is 0 Å². The molecule has 0 aliphatic carbocycles. The van der Waals surface area contributed by atoms with Crippen molar-refractivity contribution in [2.75, 3.05) is 29.9 Å². The molecule has 8 nitrogen and oxygen atoms in total. The zero-order chi connectivity index (χ0) is 21.0. The van der Waals surface area contributed by atoms with E-state index in [1.807, 2.05) is 18.7 Å². The largest absolute Gasteiger partial charge is 0.366 e. The SMILES string of the molecule is CCNC(=O)c1ccc(C)c(NC(=O)c2ccc(N3CCCC3)c([N+](=O)[O-])c2)c1. The Morgan fingerprint density at radius 3 is 2.38 bits per heavy atom. The van der Waals surface area contributed by atoms with E-state index in [4.69, 9.17) is 0 Å². The lowest BCUT2D eigenvalue weighted by Gasteiger charge is -2.18. The van der Waals surface area contributed by atoms with Crippen molar-refractivity contribution in [3.63, 3.8) is 0 Å². The van der Waals surface area contributed by atoms with Crippen molar-refractivity contribution in [3.05, 3.63) is 63.2 Å². The van der Waals surface area contributed by atoms with Gasteiger partial charge in [0.2, 0.25) is 0 Å². The number of nitro groups is 1. The molecule has 29 heavy (non-hydrogen) atoms. The minimum atomic E-state index is -0.461. The Balaban J connectivity index is 1.85. The molecule has 1 heterocycles. The molecule has 2 aromatic carbocycles. The summed E-state index contributed by atoms with van der Waals surface area (Å²) in [7, 11) is 0. The van der Waals surface area contributed by atoms with E-state index in [-0.39, 0.29) is 17.2 Å². The average Bonchev–Trinajstić information content (AvgIpc) is 3.24. The van der Waals surface area contributed by atoms with Gasteiger partial charge in [-0.15, -0.1) is 0 Å². The van der Waals surface area contributed by atoms with E-state index in [0.29, 0.717) is 23.5 Å². The summed E-state index contributed by atoms with van der Waals surface area (Å²) >= 11 is 0. The van der Waals surface area contributed by atoms with E-state index < -0.39 is 10.8 Å². The van der Waals surface area contributed by atoms with Crippen molar-refractivity contribution in [2.24, 2.45) is 0 Å². The molecule has 3 rings (SSSR count). The Morgan fingerprint density at radius 1 is 1.07 bits per heavy atom. The molecule has 152 valence electrons. The molecule has 2 N–H and O–H groups in total. The van der Waals surface area contributed by atoms with Gasteiger partial charge in [-0.2, -0.15) is 0 Å². The molecule has 1 saturated heterocycles. The highest BCUT2D eigenvalue weighted by Gasteiger charge is 2.24. The first kappa shape index (κ1) is 20.3. The fourth-order valence-corrected chi connectivity index (χ4v) is 3.39. The third-order valence-electron chi connectivity index (χ3n) is 4.97. The molecule has 0 bridgehead atoms. The van der Waals surface area contributed by atoms with Gasteiger partial charge in [-0.1, -0.05) is 6.07 Å². The highest BCUT2D eigenvalue weighted by atomic mass is 16.6. The van der Waals surface area contributed by atoms with Gasteiger partial charge in [0.25, 0.3) is 17.5 Å². The molecule has 1 aliphatic heterocycles. The number of hydrogen-bond acceptors (Lipinski definition) is 5. The number of anilines is 2. The van der Waals surface area contributed by atoms with Crippen LogP contribution in [0.25, 0.3) is 0 Å². The van der Waals surface area contributed by atoms with E-state index in [2.05, 4.69) is 10.6 Å². The van der Waals surface area contributed by atoms with Crippen molar-refractivity contribution in [2.45, 2.75) is 26.7 Å². The topological polar surface area (TPSA) is 105 Å². The number of aryl methyl sites for hydroxylation is 1. The fraction of sp³-hybridized carbons (Fsp3) is 0.333. The third kappa shape index (κ3) is 4.53. The van der Waals surface area contributed by atoms with E-state index >= 15 is 0 Å². The molecule has 0 atom stereocenters. The van der Waals surface area contributed by atoms with Gasteiger partial charge < -0.3 is 15.5 Å². The second-order valence-corrected chi connectivity index (χ2v) is 7.00. The van der Waals surface area contributed by atoms with Crippen LogP contribution in [-0.2, 0) is 0 Å². The maximum atomic E-state index is 12.7. The number of nitrogens with one attached hydrogen (secondary N) is 2. The second kappa shape index (κ2) is 8.72. The van der Waals surface area contributed by atoms with Crippen molar-refractivity contribution in [1.82, 2.24) is 5.32 Å². The molecule has 2 aromatic rings. The van der Waals surface area contributed by atoms with Crippen LogP contribution in [0.3, 0.4) is 0 Å². The van der Waals surface area contributed by atoms with Gasteiger partial charge >= 0.3 is 0 Å².